The van der Waals surface area contributed by atoms with Gasteiger partial charge in [0.1, 0.15) is 5.82 Å². The van der Waals surface area contributed by atoms with Crippen LogP contribution in [0.1, 0.15) is 74.8 Å². The van der Waals surface area contributed by atoms with Crippen molar-refractivity contribution in [3.8, 4) is 0 Å². The van der Waals surface area contributed by atoms with Crippen molar-refractivity contribution in [2.45, 2.75) is 65.2 Å². The Kier molecular flexibility index (Phi) is 8.48. The molecular formula is C17H29N3O. The van der Waals surface area contributed by atoms with Crippen LogP contribution in [0.2, 0.25) is 0 Å². The number of nitrogens with one attached hydrogen (secondary N) is 1. The fourth-order valence-corrected chi connectivity index (χ4v) is 2.34. The molecule has 0 fully saturated rings. The lowest BCUT2D eigenvalue weighted by molar-refractivity contribution is 0.0952. The number of rotatable bonds is 10. The first kappa shape index (κ1) is 17.5. The van der Waals surface area contributed by atoms with Crippen LogP contribution >= 0.6 is 0 Å². The molecule has 4 heteroatoms. The van der Waals surface area contributed by atoms with Crippen molar-refractivity contribution in [3.05, 3.63) is 23.4 Å². The van der Waals surface area contributed by atoms with Gasteiger partial charge in [-0.2, -0.15) is 0 Å². The van der Waals surface area contributed by atoms with Crippen molar-refractivity contribution in [2.24, 2.45) is 0 Å². The van der Waals surface area contributed by atoms with Gasteiger partial charge < -0.3 is 11.1 Å². The Morgan fingerprint density at radius 2 is 1.81 bits per heavy atom. The number of aryl methyl sites for hydroxylation is 1. The van der Waals surface area contributed by atoms with E-state index < -0.39 is 0 Å². The van der Waals surface area contributed by atoms with Crippen molar-refractivity contribution in [2.75, 3.05) is 12.3 Å². The van der Waals surface area contributed by atoms with E-state index >= 15 is 0 Å². The van der Waals surface area contributed by atoms with Gasteiger partial charge in [-0.05, 0) is 25.0 Å². The smallest absolute Gasteiger partial charge is 0.251 e. The number of aromatic nitrogens is 1. The Labute approximate surface area is 128 Å². The van der Waals surface area contributed by atoms with Crippen molar-refractivity contribution in [1.29, 1.82) is 0 Å². The lowest BCUT2D eigenvalue weighted by atomic mass is 10.1. The van der Waals surface area contributed by atoms with E-state index in [0.29, 0.717) is 11.4 Å². The summed E-state index contributed by atoms with van der Waals surface area (Å²) >= 11 is 0. The molecule has 0 aliphatic rings. The molecule has 1 aromatic rings. The van der Waals surface area contributed by atoms with Crippen LogP contribution in [-0.2, 0) is 6.42 Å². The van der Waals surface area contributed by atoms with Crippen molar-refractivity contribution >= 4 is 11.7 Å². The van der Waals surface area contributed by atoms with Gasteiger partial charge in [0, 0.05) is 17.8 Å². The minimum atomic E-state index is -0.0463. The molecule has 21 heavy (non-hydrogen) atoms. The number of pyridine rings is 1. The maximum absolute atomic E-state index is 12.1. The van der Waals surface area contributed by atoms with Gasteiger partial charge in [-0.25, -0.2) is 4.98 Å². The average Bonchev–Trinajstić information content (AvgIpc) is 2.46. The predicted octanol–water partition coefficient (Wildman–Crippen LogP) is 3.71. The molecule has 0 spiro atoms. The van der Waals surface area contributed by atoms with Crippen LogP contribution in [0.4, 0.5) is 5.82 Å². The summed E-state index contributed by atoms with van der Waals surface area (Å²) in [7, 11) is 0. The van der Waals surface area contributed by atoms with E-state index in [-0.39, 0.29) is 5.91 Å². The topological polar surface area (TPSA) is 68.0 Å². The number of carbonyl (C=O) groups excluding carboxylic acids is 1. The molecule has 1 aromatic heterocycles. The highest BCUT2D eigenvalue weighted by atomic mass is 16.1. The Hall–Kier alpha value is -1.58. The van der Waals surface area contributed by atoms with Crippen LogP contribution in [0.3, 0.4) is 0 Å². The third-order valence-corrected chi connectivity index (χ3v) is 3.48. The van der Waals surface area contributed by atoms with Gasteiger partial charge in [0.05, 0.1) is 0 Å². The van der Waals surface area contributed by atoms with Gasteiger partial charge in [0.25, 0.3) is 5.91 Å². The molecule has 0 aromatic carbocycles. The van der Waals surface area contributed by atoms with E-state index in [1.807, 2.05) is 6.07 Å². The summed E-state index contributed by atoms with van der Waals surface area (Å²) in [6, 6.07) is 3.49. The standard InChI is InChI=1S/C17H29N3O/c1-3-5-6-7-8-9-11-19-17(21)14-12-15(10-4-2)20-16(18)13-14/h12-13H,3-11H2,1-2H3,(H2,18,20)(H,19,21). The highest BCUT2D eigenvalue weighted by Gasteiger charge is 2.08. The molecule has 1 heterocycles. The first-order valence-corrected chi connectivity index (χ1v) is 8.22. The zero-order valence-corrected chi connectivity index (χ0v) is 13.5. The second-order valence-corrected chi connectivity index (χ2v) is 5.55. The van der Waals surface area contributed by atoms with Gasteiger partial charge in [-0.1, -0.05) is 52.4 Å². The molecule has 0 radical (unpaired) electrons. The SMILES string of the molecule is CCCCCCCCNC(=O)c1cc(N)nc(CCC)c1. The molecule has 0 saturated heterocycles. The van der Waals surface area contributed by atoms with E-state index in [4.69, 9.17) is 5.73 Å². The monoisotopic (exact) mass is 291 g/mol. The van der Waals surface area contributed by atoms with Crippen LogP contribution < -0.4 is 11.1 Å². The molecule has 0 saturated carbocycles. The van der Waals surface area contributed by atoms with Crippen molar-refractivity contribution < 1.29 is 4.79 Å². The van der Waals surface area contributed by atoms with Gasteiger partial charge in [-0.15, -0.1) is 0 Å². The molecule has 0 atom stereocenters. The Morgan fingerprint density at radius 1 is 1.10 bits per heavy atom. The number of carbonyl (C=O) groups is 1. The summed E-state index contributed by atoms with van der Waals surface area (Å²) in [4.78, 5) is 16.3. The third kappa shape index (κ3) is 7.11. The zero-order chi connectivity index (χ0) is 15.5. The van der Waals surface area contributed by atoms with Crippen LogP contribution in [0.15, 0.2) is 12.1 Å². The first-order chi connectivity index (χ1) is 10.2. The Bertz CT molecular complexity index is 432. The number of amides is 1. The predicted molar refractivity (Wildman–Crippen MR) is 88.4 cm³/mol. The molecule has 3 N–H and O–H groups in total. The second-order valence-electron chi connectivity index (χ2n) is 5.55. The third-order valence-electron chi connectivity index (χ3n) is 3.48. The van der Waals surface area contributed by atoms with E-state index in [0.717, 1.165) is 31.5 Å². The highest BCUT2D eigenvalue weighted by molar-refractivity contribution is 5.94. The maximum atomic E-state index is 12.1. The maximum Gasteiger partial charge on any atom is 0.251 e. The number of nitrogens with two attached hydrogens (primary N) is 1. The quantitative estimate of drug-likeness (QED) is 0.646. The summed E-state index contributed by atoms with van der Waals surface area (Å²) in [5.74, 6) is 0.376. The van der Waals surface area contributed by atoms with Gasteiger partial charge >= 0.3 is 0 Å². The van der Waals surface area contributed by atoms with E-state index in [1.54, 1.807) is 6.07 Å². The molecule has 0 bridgehead atoms. The van der Waals surface area contributed by atoms with Crippen molar-refractivity contribution in [1.82, 2.24) is 10.3 Å². The lowest BCUT2D eigenvalue weighted by Crippen LogP contribution is -2.24. The van der Waals surface area contributed by atoms with E-state index in [9.17, 15) is 4.79 Å². The second kappa shape index (κ2) is 10.2. The zero-order valence-electron chi connectivity index (χ0n) is 13.5. The molecular weight excluding hydrogens is 262 g/mol. The average molecular weight is 291 g/mol. The van der Waals surface area contributed by atoms with Gasteiger partial charge in [-0.3, -0.25) is 4.79 Å². The number of hydrogen-bond donors (Lipinski definition) is 2. The summed E-state index contributed by atoms with van der Waals surface area (Å²) in [6.07, 6.45) is 9.19. The Balaban J connectivity index is 2.34. The minimum absolute atomic E-state index is 0.0463. The molecule has 0 aliphatic carbocycles. The number of nitrogen functional groups attached to an aromatic ring is 1. The molecule has 0 aliphatic heterocycles. The lowest BCUT2D eigenvalue weighted by Gasteiger charge is -2.08. The molecule has 0 unspecified atom stereocenters. The first-order valence-electron chi connectivity index (χ1n) is 8.22. The Morgan fingerprint density at radius 3 is 2.52 bits per heavy atom. The van der Waals surface area contributed by atoms with E-state index in [2.05, 4.69) is 24.1 Å². The van der Waals surface area contributed by atoms with Crippen LogP contribution in [0.25, 0.3) is 0 Å². The number of unbranched alkanes of at least 4 members (excludes halogenated alkanes) is 5. The number of anilines is 1. The normalized spacial score (nSPS) is 10.6. The molecule has 118 valence electrons. The summed E-state index contributed by atoms with van der Waals surface area (Å²) < 4.78 is 0. The van der Waals surface area contributed by atoms with Gasteiger partial charge in [0.15, 0.2) is 0 Å². The largest absolute Gasteiger partial charge is 0.384 e. The number of nitrogens with zero attached hydrogens (tertiary/aromatic N) is 1. The van der Waals surface area contributed by atoms with Crippen LogP contribution in [0.5, 0.6) is 0 Å². The molecule has 4 nitrogen and oxygen atoms in total. The van der Waals surface area contributed by atoms with Crippen LogP contribution in [-0.4, -0.2) is 17.4 Å². The molecule has 1 rings (SSSR count). The summed E-state index contributed by atoms with van der Waals surface area (Å²) in [5.41, 5.74) is 7.27. The van der Waals surface area contributed by atoms with Crippen molar-refractivity contribution in [3.63, 3.8) is 0 Å². The summed E-state index contributed by atoms with van der Waals surface area (Å²) in [6.45, 7) is 5.03. The van der Waals surface area contributed by atoms with E-state index in [1.165, 1.54) is 32.1 Å². The summed E-state index contributed by atoms with van der Waals surface area (Å²) in [5, 5.41) is 2.96. The fourth-order valence-electron chi connectivity index (χ4n) is 2.34. The molecule has 1 amide bonds. The van der Waals surface area contributed by atoms with Crippen LogP contribution in [0, 0.1) is 0 Å². The van der Waals surface area contributed by atoms with Gasteiger partial charge in [0.2, 0.25) is 0 Å². The highest BCUT2D eigenvalue weighted by Crippen LogP contribution is 2.10. The number of hydrogen-bond acceptors (Lipinski definition) is 3. The fraction of sp³-hybridized carbons (Fsp3) is 0.647. The minimum Gasteiger partial charge on any atom is -0.384 e.